The summed E-state index contributed by atoms with van der Waals surface area (Å²) in [6.07, 6.45) is 0. The van der Waals surface area contributed by atoms with Gasteiger partial charge in [0.1, 0.15) is 18.1 Å². The number of benzene rings is 3. The molecule has 0 saturated heterocycles. The number of nitrogens with one attached hydrogen (secondary N) is 1. The first-order chi connectivity index (χ1) is 15.5. The topological polar surface area (TPSA) is 76.5 Å². The van der Waals surface area contributed by atoms with Gasteiger partial charge in [-0.3, -0.25) is 9.36 Å². The third-order valence-electron chi connectivity index (χ3n) is 5.07. The van der Waals surface area contributed by atoms with E-state index in [0.29, 0.717) is 27.8 Å². The third kappa shape index (κ3) is 4.29. The van der Waals surface area contributed by atoms with Gasteiger partial charge < -0.3 is 15.0 Å². The lowest BCUT2D eigenvalue weighted by atomic mass is 10.2. The fourth-order valence-corrected chi connectivity index (χ4v) is 3.74. The standard InChI is InChI=1S/C24H21ClN4O3/c1-28(17-8-4-3-5-9-17)23-18-10-6-7-11-20(18)29(24(31)27-23)15-22(30)26-16-12-13-21(32-2)19(25)14-16/h3-14H,15H2,1-2H3,(H,26,30). The maximum Gasteiger partial charge on any atom is 0.350 e. The van der Waals surface area contributed by atoms with Crippen LogP contribution in [0.15, 0.2) is 77.6 Å². The molecule has 1 amide bonds. The summed E-state index contributed by atoms with van der Waals surface area (Å²) in [6, 6.07) is 22.0. The number of amides is 1. The van der Waals surface area contributed by atoms with Crippen LogP contribution in [0.3, 0.4) is 0 Å². The van der Waals surface area contributed by atoms with E-state index in [4.69, 9.17) is 16.3 Å². The molecule has 4 aromatic rings. The van der Waals surface area contributed by atoms with Crippen molar-refractivity contribution in [2.45, 2.75) is 6.54 Å². The van der Waals surface area contributed by atoms with Crippen molar-refractivity contribution < 1.29 is 9.53 Å². The first kappa shape index (κ1) is 21.4. The number of aromatic nitrogens is 2. The molecule has 32 heavy (non-hydrogen) atoms. The lowest BCUT2D eigenvalue weighted by molar-refractivity contribution is -0.116. The average molecular weight is 449 g/mol. The van der Waals surface area contributed by atoms with Crippen LogP contribution in [0.4, 0.5) is 17.2 Å². The van der Waals surface area contributed by atoms with E-state index in [1.54, 1.807) is 24.3 Å². The molecular weight excluding hydrogens is 428 g/mol. The van der Waals surface area contributed by atoms with Crippen LogP contribution in [0, 0.1) is 0 Å². The Morgan fingerprint density at radius 2 is 1.81 bits per heavy atom. The van der Waals surface area contributed by atoms with Gasteiger partial charge >= 0.3 is 5.69 Å². The highest BCUT2D eigenvalue weighted by molar-refractivity contribution is 6.32. The van der Waals surface area contributed by atoms with Gasteiger partial charge in [-0.05, 0) is 42.5 Å². The van der Waals surface area contributed by atoms with Gasteiger partial charge in [0, 0.05) is 23.8 Å². The molecule has 0 spiro atoms. The molecule has 0 saturated carbocycles. The molecule has 0 aliphatic carbocycles. The number of hydrogen-bond donors (Lipinski definition) is 1. The maximum absolute atomic E-state index is 12.9. The maximum atomic E-state index is 12.9. The number of fused-ring (bicyclic) bond motifs is 1. The summed E-state index contributed by atoms with van der Waals surface area (Å²) in [6.45, 7) is -0.189. The summed E-state index contributed by atoms with van der Waals surface area (Å²) >= 11 is 6.13. The number of anilines is 3. The van der Waals surface area contributed by atoms with Gasteiger partial charge in [-0.1, -0.05) is 41.9 Å². The molecule has 1 heterocycles. The van der Waals surface area contributed by atoms with E-state index in [1.807, 2.05) is 60.5 Å². The van der Waals surface area contributed by atoms with Crippen molar-refractivity contribution in [3.63, 3.8) is 0 Å². The molecule has 0 aliphatic rings. The molecule has 3 aromatic carbocycles. The quantitative estimate of drug-likeness (QED) is 0.471. The van der Waals surface area contributed by atoms with Gasteiger partial charge in [0.2, 0.25) is 5.91 Å². The summed E-state index contributed by atoms with van der Waals surface area (Å²) in [5, 5.41) is 3.90. The van der Waals surface area contributed by atoms with E-state index in [1.165, 1.54) is 11.7 Å². The van der Waals surface area contributed by atoms with Crippen molar-refractivity contribution >= 4 is 45.6 Å². The van der Waals surface area contributed by atoms with Crippen LogP contribution in [0.25, 0.3) is 10.9 Å². The predicted octanol–water partition coefficient (Wildman–Crippen LogP) is 4.47. The Kier molecular flexibility index (Phi) is 6.09. The van der Waals surface area contributed by atoms with Crippen molar-refractivity contribution in [1.29, 1.82) is 0 Å². The number of nitrogens with zero attached hydrogens (tertiary/aromatic N) is 3. The summed E-state index contributed by atoms with van der Waals surface area (Å²) in [5.74, 6) is 0.661. The van der Waals surface area contributed by atoms with Gasteiger partial charge in [-0.15, -0.1) is 0 Å². The minimum atomic E-state index is -0.510. The second kappa shape index (κ2) is 9.11. The van der Waals surface area contributed by atoms with Crippen LogP contribution in [0.1, 0.15) is 0 Å². The highest BCUT2D eigenvalue weighted by Crippen LogP contribution is 2.29. The van der Waals surface area contributed by atoms with Crippen molar-refractivity contribution in [2.75, 3.05) is 24.4 Å². The van der Waals surface area contributed by atoms with Gasteiger partial charge in [-0.25, -0.2) is 4.79 Å². The fourth-order valence-electron chi connectivity index (χ4n) is 3.48. The fraction of sp³-hybridized carbons (Fsp3) is 0.125. The van der Waals surface area contributed by atoms with Crippen molar-refractivity contribution in [3.05, 3.63) is 88.3 Å². The lowest BCUT2D eigenvalue weighted by Crippen LogP contribution is -2.31. The van der Waals surface area contributed by atoms with E-state index in [2.05, 4.69) is 10.3 Å². The Labute approximate surface area is 189 Å². The van der Waals surface area contributed by atoms with Crippen LogP contribution in [0.2, 0.25) is 5.02 Å². The Hall–Kier alpha value is -3.84. The largest absolute Gasteiger partial charge is 0.495 e. The zero-order valence-electron chi connectivity index (χ0n) is 17.6. The molecular formula is C24H21ClN4O3. The van der Waals surface area contributed by atoms with Crippen molar-refractivity contribution in [3.8, 4) is 5.75 Å². The molecule has 0 fully saturated rings. The Balaban J connectivity index is 1.67. The molecule has 1 N–H and O–H groups in total. The van der Waals surface area contributed by atoms with E-state index < -0.39 is 5.69 Å². The smallest absolute Gasteiger partial charge is 0.350 e. The van der Waals surface area contributed by atoms with Gasteiger partial charge in [0.25, 0.3) is 0 Å². The first-order valence-electron chi connectivity index (χ1n) is 9.89. The van der Waals surface area contributed by atoms with Crippen LogP contribution < -0.4 is 20.6 Å². The van der Waals surface area contributed by atoms with E-state index in [-0.39, 0.29) is 12.5 Å². The summed E-state index contributed by atoms with van der Waals surface area (Å²) in [4.78, 5) is 31.8. The third-order valence-corrected chi connectivity index (χ3v) is 5.36. The van der Waals surface area contributed by atoms with Crippen molar-refractivity contribution in [2.24, 2.45) is 0 Å². The molecule has 0 atom stereocenters. The molecule has 162 valence electrons. The Morgan fingerprint density at radius 3 is 2.53 bits per heavy atom. The number of halogens is 1. The number of ether oxygens (including phenoxy) is 1. The van der Waals surface area contributed by atoms with Crippen LogP contribution >= 0.6 is 11.6 Å². The van der Waals surface area contributed by atoms with E-state index in [0.717, 1.165) is 11.1 Å². The van der Waals surface area contributed by atoms with Gasteiger partial charge in [0.05, 0.1) is 17.6 Å². The second-order valence-electron chi connectivity index (χ2n) is 7.11. The lowest BCUT2D eigenvalue weighted by Gasteiger charge is -2.21. The first-order valence-corrected chi connectivity index (χ1v) is 10.3. The highest BCUT2D eigenvalue weighted by Gasteiger charge is 2.16. The molecule has 4 rings (SSSR count). The number of para-hydroxylation sites is 2. The molecule has 0 radical (unpaired) electrons. The molecule has 0 unspecified atom stereocenters. The summed E-state index contributed by atoms with van der Waals surface area (Å²) in [5.41, 5.74) is 1.51. The number of carbonyl (C=O) groups excluding carboxylic acids is 1. The minimum absolute atomic E-state index is 0.189. The van der Waals surface area contributed by atoms with E-state index >= 15 is 0 Å². The molecule has 7 nitrogen and oxygen atoms in total. The zero-order chi connectivity index (χ0) is 22.7. The zero-order valence-corrected chi connectivity index (χ0v) is 18.3. The minimum Gasteiger partial charge on any atom is -0.495 e. The van der Waals surface area contributed by atoms with Crippen LogP contribution in [-0.2, 0) is 11.3 Å². The number of carbonyl (C=O) groups is 1. The highest BCUT2D eigenvalue weighted by atomic mass is 35.5. The Bertz CT molecular complexity index is 1340. The number of hydrogen-bond acceptors (Lipinski definition) is 5. The number of rotatable bonds is 6. The van der Waals surface area contributed by atoms with Gasteiger partial charge in [-0.2, -0.15) is 4.98 Å². The SMILES string of the molecule is COc1ccc(NC(=O)Cn2c(=O)nc(N(C)c3ccccc3)c3ccccc32)cc1Cl. The van der Waals surface area contributed by atoms with Gasteiger partial charge in [0.15, 0.2) is 0 Å². The second-order valence-corrected chi connectivity index (χ2v) is 7.52. The normalized spacial score (nSPS) is 10.7. The number of methoxy groups -OCH3 is 1. The van der Waals surface area contributed by atoms with Crippen molar-refractivity contribution in [1.82, 2.24) is 9.55 Å². The molecule has 1 aromatic heterocycles. The average Bonchev–Trinajstić information content (AvgIpc) is 2.81. The Morgan fingerprint density at radius 1 is 1.09 bits per heavy atom. The molecule has 0 bridgehead atoms. The van der Waals surface area contributed by atoms with Crippen LogP contribution in [0.5, 0.6) is 5.75 Å². The molecule has 8 heteroatoms. The van der Waals surface area contributed by atoms with E-state index in [9.17, 15) is 9.59 Å². The summed E-state index contributed by atoms with van der Waals surface area (Å²) in [7, 11) is 3.37. The molecule has 0 aliphatic heterocycles. The monoisotopic (exact) mass is 448 g/mol. The summed E-state index contributed by atoms with van der Waals surface area (Å²) < 4.78 is 6.48. The predicted molar refractivity (Wildman–Crippen MR) is 127 cm³/mol. The van der Waals surface area contributed by atoms with Crippen LogP contribution in [-0.4, -0.2) is 29.6 Å².